The predicted octanol–water partition coefficient (Wildman–Crippen LogP) is 1.43. The second kappa shape index (κ2) is 9.48. The molecule has 9 nitrogen and oxygen atoms in total. The second-order valence-corrected chi connectivity index (χ2v) is 9.19. The van der Waals surface area contributed by atoms with Gasteiger partial charge in [0.25, 0.3) is 11.8 Å². The SMILES string of the molecule is CC(C)C[C@H](NC(=O)C12CCCC1C(CNC(=O)c1nccc3ccccc13)=NO2)B(O)O. The van der Waals surface area contributed by atoms with Crippen molar-refractivity contribution in [2.45, 2.75) is 51.1 Å². The number of hydrogen-bond acceptors (Lipinski definition) is 7. The molecule has 33 heavy (non-hydrogen) atoms. The summed E-state index contributed by atoms with van der Waals surface area (Å²) >= 11 is 0. The number of nitrogens with one attached hydrogen (secondary N) is 2. The summed E-state index contributed by atoms with van der Waals surface area (Å²) < 4.78 is 0. The number of aromatic nitrogens is 1. The monoisotopic (exact) mass is 452 g/mol. The van der Waals surface area contributed by atoms with E-state index in [1.54, 1.807) is 6.20 Å². The number of carbonyl (C=O) groups excluding carboxylic acids is 2. The van der Waals surface area contributed by atoms with Crippen molar-refractivity contribution in [3.63, 3.8) is 0 Å². The van der Waals surface area contributed by atoms with Crippen molar-refractivity contribution < 1.29 is 24.5 Å². The summed E-state index contributed by atoms with van der Waals surface area (Å²) in [6, 6.07) is 9.38. The minimum Gasteiger partial charge on any atom is -0.426 e. The van der Waals surface area contributed by atoms with Gasteiger partial charge in [0.2, 0.25) is 5.60 Å². The fourth-order valence-electron chi connectivity index (χ4n) is 4.80. The molecule has 2 amide bonds. The number of carbonyl (C=O) groups is 2. The summed E-state index contributed by atoms with van der Waals surface area (Å²) in [6.45, 7) is 4.03. The lowest BCUT2D eigenvalue weighted by molar-refractivity contribution is -0.146. The normalized spacial score (nSPS) is 22.5. The smallest absolute Gasteiger partial charge is 0.426 e. The first-order valence-corrected chi connectivity index (χ1v) is 11.4. The van der Waals surface area contributed by atoms with E-state index < -0.39 is 24.6 Å². The Morgan fingerprint density at radius 2 is 2.06 bits per heavy atom. The van der Waals surface area contributed by atoms with Crippen LogP contribution in [0.5, 0.6) is 0 Å². The van der Waals surface area contributed by atoms with Crippen LogP contribution in [-0.4, -0.2) is 57.8 Å². The molecule has 4 N–H and O–H groups in total. The number of benzene rings is 1. The molecule has 3 atom stereocenters. The number of rotatable bonds is 8. The summed E-state index contributed by atoms with van der Waals surface area (Å²) in [4.78, 5) is 35.9. The second-order valence-electron chi connectivity index (χ2n) is 9.19. The van der Waals surface area contributed by atoms with E-state index in [0.29, 0.717) is 30.7 Å². The third-order valence-corrected chi connectivity index (χ3v) is 6.44. The van der Waals surface area contributed by atoms with Gasteiger partial charge in [0, 0.05) is 11.6 Å². The average molecular weight is 452 g/mol. The first-order chi connectivity index (χ1) is 15.8. The van der Waals surface area contributed by atoms with E-state index in [9.17, 15) is 19.6 Å². The Bertz CT molecular complexity index is 1070. The van der Waals surface area contributed by atoms with Crippen molar-refractivity contribution in [1.29, 1.82) is 0 Å². The zero-order valence-corrected chi connectivity index (χ0v) is 18.8. The van der Waals surface area contributed by atoms with Gasteiger partial charge in [0.15, 0.2) is 0 Å². The van der Waals surface area contributed by atoms with Crippen LogP contribution in [0.2, 0.25) is 0 Å². The molecule has 10 heteroatoms. The Labute approximate surface area is 192 Å². The molecule has 0 spiro atoms. The van der Waals surface area contributed by atoms with E-state index in [1.165, 1.54) is 0 Å². The van der Waals surface area contributed by atoms with Gasteiger partial charge in [-0.15, -0.1) is 0 Å². The largest absolute Gasteiger partial charge is 0.475 e. The highest BCUT2D eigenvalue weighted by molar-refractivity contribution is 6.43. The van der Waals surface area contributed by atoms with E-state index in [0.717, 1.165) is 17.2 Å². The van der Waals surface area contributed by atoms with Gasteiger partial charge in [-0.1, -0.05) is 43.3 Å². The van der Waals surface area contributed by atoms with Gasteiger partial charge >= 0.3 is 7.12 Å². The van der Waals surface area contributed by atoms with Crippen LogP contribution in [-0.2, 0) is 9.63 Å². The molecule has 1 saturated carbocycles. The molecule has 2 aromatic rings. The summed E-state index contributed by atoms with van der Waals surface area (Å²) in [6.07, 6.45) is 3.97. The third-order valence-electron chi connectivity index (χ3n) is 6.44. The van der Waals surface area contributed by atoms with Crippen LogP contribution < -0.4 is 10.6 Å². The maximum Gasteiger partial charge on any atom is 0.475 e. The van der Waals surface area contributed by atoms with Crippen molar-refractivity contribution in [3.05, 3.63) is 42.2 Å². The molecule has 4 rings (SSSR count). The van der Waals surface area contributed by atoms with Gasteiger partial charge in [0.05, 0.1) is 24.1 Å². The first-order valence-electron chi connectivity index (χ1n) is 11.4. The fourth-order valence-corrected chi connectivity index (χ4v) is 4.80. The number of fused-ring (bicyclic) bond motifs is 2. The third kappa shape index (κ3) is 4.58. The quantitative estimate of drug-likeness (QED) is 0.448. The molecule has 1 aromatic carbocycles. The predicted molar refractivity (Wildman–Crippen MR) is 124 cm³/mol. The van der Waals surface area contributed by atoms with Crippen LogP contribution in [0.3, 0.4) is 0 Å². The Morgan fingerprint density at radius 1 is 1.27 bits per heavy atom. The molecule has 1 aromatic heterocycles. The fraction of sp³-hybridized carbons (Fsp3) is 0.478. The minimum absolute atomic E-state index is 0.140. The molecule has 2 heterocycles. The van der Waals surface area contributed by atoms with Crippen LogP contribution >= 0.6 is 0 Å². The van der Waals surface area contributed by atoms with Crippen LogP contribution in [0.1, 0.15) is 50.0 Å². The topological polar surface area (TPSA) is 133 Å². The lowest BCUT2D eigenvalue weighted by Crippen LogP contribution is -2.57. The highest BCUT2D eigenvalue weighted by Gasteiger charge is 2.58. The zero-order valence-electron chi connectivity index (χ0n) is 18.8. The number of amides is 2. The highest BCUT2D eigenvalue weighted by Crippen LogP contribution is 2.44. The molecule has 1 aliphatic carbocycles. The maximum absolute atomic E-state index is 13.2. The molecule has 0 saturated heterocycles. The lowest BCUT2D eigenvalue weighted by atomic mass is 9.74. The van der Waals surface area contributed by atoms with Gasteiger partial charge in [-0.3, -0.25) is 14.6 Å². The Balaban J connectivity index is 1.43. The van der Waals surface area contributed by atoms with Crippen molar-refractivity contribution in [3.8, 4) is 0 Å². The lowest BCUT2D eigenvalue weighted by Gasteiger charge is -2.29. The Hall–Kier alpha value is -2.98. The van der Waals surface area contributed by atoms with E-state index in [4.69, 9.17) is 4.84 Å². The van der Waals surface area contributed by atoms with Gasteiger partial charge in [-0.2, -0.15) is 0 Å². The van der Waals surface area contributed by atoms with Crippen LogP contribution in [0.4, 0.5) is 0 Å². The highest BCUT2D eigenvalue weighted by atomic mass is 16.7. The van der Waals surface area contributed by atoms with Gasteiger partial charge in [0.1, 0.15) is 5.69 Å². The summed E-state index contributed by atoms with van der Waals surface area (Å²) in [7, 11) is -1.66. The summed E-state index contributed by atoms with van der Waals surface area (Å²) in [5.41, 5.74) is -0.250. The van der Waals surface area contributed by atoms with Crippen molar-refractivity contribution in [2.75, 3.05) is 6.54 Å². The molecular formula is C23H29BN4O5. The molecule has 2 unspecified atom stereocenters. The molecular weight excluding hydrogens is 423 g/mol. The first kappa shape index (κ1) is 23.2. The molecule has 0 bridgehead atoms. The van der Waals surface area contributed by atoms with Crippen molar-refractivity contribution in [2.24, 2.45) is 17.0 Å². The maximum atomic E-state index is 13.2. The van der Waals surface area contributed by atoms with Crippen LogP contribution in [0.15, 0.2) is 41.7 Å². The van der Waals surface area contributed by atoms with E-state index in [2.05, 4.69) is 20.8 Å². The van der Waals surface area contributed by atoms with Crippen LogP contribution in [0, 0.1) is 11.8 Å². The average Bonchev–Trinajstić information content (AvgIpc) is 3.37. The molecule has 0 radical (unpaired) electrons. The summed E-state index contributed by atoms with van der Waals surface area (Å²) in [5.74, 6) is -1.63. The number of hydrogen-bond donors (Lipinski definition) is 4. The number of nitrogens with zero attached hydrogens (tertiary/aromatic N) is 2. The van der Waals surface area contributed by atoms with E-state index in [1.807, 2.05) is 44.2 Å². The Kier molecular flexibility index (Phi) is 6.67. The number of pyridine rings is 1. The molecule has 1 fully saturated rings. The van der Waals surface area contributed by atoms with Crippen LogP contribution in [0.25, 0.3) is 10.8 Å². The zero-order chi connectivity index (χ0) is 23.6. The molecule has 2 aliphatic rings. The van der Waals surface area contributed by atoms with Crippen molar-refractivity contribution in [1.82, 2.24) is 15.6 Å². The Morgan fingerprint density at radius 3 is 2.82 bits per heavy atom. The number of oxime groups is 1. The molecule has 174 valence electrons. The standard InChI is InChI=1S/C23H29BN4O5/c1-14(2)12-19(24(31)32)27-22(30)23-10-5-8-17(23)18(28-33-23)13-26-21(29)20-16-7-4-3-6-15(16)9-11-25-20/h3-4,6-7,9,11,14,17,19,31-32H,5,8,10,12-13H2,1-2H3,(H,26,29)(H,27,30)/t17?,19-,23?/m0/s1. The molecule has 1 aliphatic heterocycles. The summed E-state index contributed by atoms with van der Waals surface area (Å²) in [5, 5.41) is 30.8. The van der Waals surface area contributed by atoms with Crippen molar-refractivity contribution >= 4 is 35.4 Å². The van der Waals surface area contributed by atoms with E-state index in [-0.39, 0.29) is 24.3 Å². The minimum atomic E-state index is -1.66. The van der Waals surface area contributed by atoms with Gasteiger partial charge < -0.3 is 25.5 Å². The van der Waals surface area contributed by atoms with E-state index >= 15 is 0 Å². The van der Waals surface area contributed by atoms with Gasteiger partial charge in [-0.05, 0) is 43.1 Å². The van der Waals surface area contributed by atoms with Gasteiger partial charge in [-0.25, -0.2) is 0 Å².